The molecule has 1 aromatic carbocycles. The van der Waals surface area contributed by atoms with Gasteiger partial charge < -0.3 is 10.1 Å². The molecule has 0 spiro atoms. The van der Waals surface area contributed by atoms with Gasteiger partial charge in [0.2, 0.25) is 10.0 Å². The van der Waals surface area contributed by atoms with Crippen molar-refractivity contribution in [3.05, 3.63) is 64.6 Å². The fourth-order valence-corrected chi connectivity index (χ4v) is 4.27. The van der Waals surface area contributed by atoms with Crippen molar-refractivity contribution in [3.8, 4) is 5.82 Å². The molecule has 1 N–H and O–H groups in total. The second-order valence-electron chi connectivity index (χ2n) is 7.30. The van der Waals surface area contributed by atoms with Gasteiger partial charge in [-0.2, -0.15) is 5.10 Å². The molecule has 0 atom stereocenters. The quantitative estimate of drug-likeness (QED) is 0.504. The van der Waals surface area contributed by atoms with E-state index in [1.807, 2.05) is 19.9 Å². The van der Waals surface area contributed by atoms with Crippen molar-refractivity contribution >= 4 is 39.2 Å². The normalized spacial score (nSPS) is 11.5. The van der Waals surface area contributed by atoms with Gasteiger partial charge in [-0.05, 0) is 50.2 Å². The van der Waals surface area contributed by atoms with Gasteiger partial charge in [0.05, 0.1) is 16.3 Å². The first-order valence-corrected chi connectivity index (χ1v) is 11.5. The zero-order valence-corrected chi connectivity index (χ0v) is 19.9. The van der Waals surface area contributed by atoms with Crippen molar-refractivity contribution in [3.63, 3.8) is 0 Å². The van der Waals surface area contributed by atoms with Gasteiger partial charge in [0.1, 0.15) is 4.90 Å². The molecule has 0 saturated heterocycles. The van der Waals surface area contributed by atoms with E-state index in [0.29, 0.717) is 5.82 Å². The van der Waals surface area contributed by atoms with Crippen molar-refractivity contribution in [1.29, 1.82) is 0 Å². The third kappa shape index (κ3) is 5.56. The van der Waals surface area contributed by atoms with E-state index in [0.717, 1.165) is 15.7 Å². The minimum absolute atomic E-state index is 0.0181. The number of aryl methyl sites for hydroxylation is 2. The maximum atomic E-state index is 12.3. The lowest BCUT2D eigenvalue weighted by atomic mass is 10.3. The molecule has 0 saturated carbocycles. The van der Waals surface area contributed by atoms with Crippen molar-refractivity contribution in [2.75, 3.05) is 26.0 Å². The van der Waals surface area contributed by atoms with Crippen LogP contribution in [-0.4, -0.2) is 60.1 Å². The van der Waals surface area contributed by atoms with Crippen LogP contribution in [0, 0.1) is 13.8 Å². The number of halogens is 1. The molecule has 0 bridgehead atoms. The Labute approximate surface area is 196 Å². The Morgan fingerprint density at radius 3 is 2.45 bits per heavy atom. The number of carbonyl (C=O) groups is 2. The molecule has 10 nitrogen and oxygen atoms in total. The number of amides is 1. The first-order valence-electron chi connectivity index (χ1n) is 9.68. The summed E-state index contributed by atoms with van der Waals surface area (Å²) in [6.07, 6.45) is 1.34. The van der Waals surface area contributed by atoms with Crippen LogP contribution in [0.25, 0.3) is 5.82 Å². The zero-order valence-electron chi connectivity index (χ0n) is 18.4. The number of nitrogens with zero attached hydrogens (tertiary/aromatic N) is 4. The number of aromatic nitrogens is 3. The highest BCUT2D eigenvalue weighted by Gasteiger charge is 2.21. The van der Waals surface area contributed by atoms with Gasteiger partial charge in [0.25, 0.3) is 5.91 Å². The minimum Gasteiger partial charge on any atom is -0.452 e. The number of hydrogen-bond donors (Lipinski definition) is 1. The van der Waals surface area contributed by atoms with Gasteiger partial charge in [-0.1, -0.05) is 11.6 Å². The predicted octanol–water partition coefficient (Wildman–Crippen LogP) is 2.58. The molecule has 2 heterocycles. The molecule has 33 heavy (non-hydrogen) atoms. The molecule has 0 radical (unpaired) electrons. The third-order valence-corrected chi connectivity index (χ3v) is 6.81. The Kier molecular flexibility index (Phi) is 7.15. The highest BCUT2D eigenvalue weighted by molar-refractivity contribution is 7.89. The lowest BCUT2D eigenvalue weighted by molar-refractivity contribution is -0.119. The van der Waals surface area contributed by atoms with Gasteiger partial charge in [0, 0.05) is 31.7 Å². The average molecular weight is 492 g/mol. The Balaban J connectivity index is 1.62. The average Bonchev–Trinajstić information content (AvgIpc) is 3.11. The minimum atomic E-state index is -3.80. The molecular formula is C21H22ClN5O5S. The molecule has 0 aliphatic rings. The molecule has 0 fully saturated rings. The van der Waals surface area contributed by atoms with E-state index in [9.17, 15) is 18.0 Å². The standard InChI is InChI=1S/C21H22ClN5O5S/c1-13-9-14(2)27(25-13)19-8-5-15(11-23-19)21(29)32-12-20(28)24-16-6-7-17(22)18(10-16)33(30,31)26(3)4/h5-11H,12H2,1-4H3,(H,24,28). The van der Waals surface area contributed by atoms with Crippen molar-refractivity contribution < 1.29 is 22.7 Å². The number of hydrogen-bond acceptors (Lipinski definition) is 7. The van der Waals surface area contributed by atoms with E-state index >= 15 is 0 Å². The number of carbonyl (C=O) groups excluding carboxylic acids is 2. The van der Waals surface area contributed by atoms with Crippen LogP contribution in [0.1, 0.15) is 21.7 Å². The van der Waals surface area contributed by atoms with Crippen LogP contribution >= 0.6 is 11.6 Å². The van der Waals surface area contributed by atoms with E-state index in [-0.39, 0.29) is 21.2 Å². The Morgan fingerprint density at radius 2 is 1.88 bits per heavy atom. The number of nitrogens with one attached hydrogen (secondary N) is 1. The van der Waals surface area contributed by atoms with Gasteiger partial charge >= 0.3 is 5.97 Å². The first-order chi connectivity index (χ1) is 15.5. The van der Waals surface area contributed by atoms with E-state index in [1.165, 1.54) is 44.6 Å². The summed E-state index contributed by atoms with van der Waals surface area (Å²) < 4.78 is 32.4. The van der Waals surface area contributed by atoms with Gasteiger partial charge in [-0.25, -0.2) is 27.2 Å². The second-order valence-corrected chi connectivity index (χ2v) is 9.83. The van der Waals surface area contributed by atoms with Crippen LogP contribution in [0.2, 0.25) is 5.02 Å². The number of rotatable bonds is 7. The lowest BCUT2D eigenvalue weighted by Gasteiger charge is -2.14. The number of sulfonamides is 1. The zero-order chi connectivity index (χ0) is 24.3. The Bertz CT molecular complexity index is 1300. The van der Waals surface area contributed by atoms with Gasteiger partial charge in [-0.3, -0.25) is 4.79 Å². The lowest BCUT2D eigenvalue weighted by Crippen LogP contribution is -2.23. The van der Waals surface area contributed by atoms with Crippen molar-refractivity contribution in [2.24, 2.45) is 0 Å². The monoisotopic (exact) mass is 491 g/mol. The number of esters is 1. The summed E-state index contributed by atoms with van der Waals surface area (Å²) in [5.41, 5.74) is 2.10. The fraction of sp³-hybridized carbons (Fsp3) is 0.238. The van der Waals surface area contributed by atoms with E-state index in [1.54, 1.807) is 10.7 Å². The number of anilines is 1. The summed E-state index contributed by atoms with van der Waals surface area (Å²) in [7, 11) is -1.06. The van der Waals surface area contributed by atoms with Crippen LogP contribution < -0.4 is 5.32 Å². The molecule has 0 unspecified atom stereocenters. The highest BCUT2D eigenvalue weighted by atomic mass is 35.5. The summed E-state index contributed by atoms with van der Waals surface area (Å²) >= 11 is 5.99. The topological polar surface area (TPSA) is 123 Å². The van der Waals surface area contributed by atoms with E-state index in [2.05, 4.69) is 15.4 Å². The van der Waals surface area contributed by atoms with Crippen LogP contribution in [0.4, 0.5) is 5.69 Å². The van der Waals surface area contributed by atoms with Crippen LogP contribution in [0.3, 0.4) is 0 Å². The molecule has 174 valence electrons. The van der Waals surface area contributed by atoms with Crippen LogP contribution in [-0.2, 0) is 19.6 Å². The predicted molar refractivity (Wildman–Crippen MR) is 122 cm³/mol. The van der Waals surface area contributed by atoms with Crippen LogP contribution in [0.15, 0.2) is 47.5 Å². The molecule has 3 aromatic rings. The maximum Gasteiger partial charge on any atom is 0.340 e. The summed E-state index contributed by atoms with van der Waals surface area (Å²) in [5.74, 6) is -0.836. The molecule has 12 heteroatoms. The molecule has 2 aromatic heterocycles. The summed E-state index contributed by atoms with van der Waals surface area (Å²) in [6.45, 7) is 3.19. The van der Waals surface area contributed by atoms with Gasteiger partial charge in [-0.15, -0.1) is 0 Å². The second kappa shape index (κ2) is 9.69. The SMILES string of the molecule is Cc1cc(C)n(-c2ccc(C(=O)OCC(=O)Nc3ccc(Cl)c(S(=O)(=O)N(C)C)c3)cn2)n1. The summed E-state index contributed by atoms with van der Waals surface area (Å²) in [6, 6.07) is 9.09. The highest BCUT2D eigenvalue weighted by Crippen LogP contribution is 2.26. The Morgan fingerprint density at radius 1 is 1.15 bits per heavy atom. The van der Waals surface area contributed by atoms with Gasteiger partial charge in [0.15, 0.2) is 12.4 Å². The van der Waals surface area contributed by atoms with E-state index in [4.69, 9.17) is 16.3 Å². The largest absolute Gasteiger partial charge is 0.452 e. The Hall–Kier alpha value is -3.28. The third-order valence-electron chi connectivity index (χ3n) is 4.52. The molecule has 0 aliphatic carbocycles. The number of ether oxygens (including phenoxy) is 1. The van der Waals surface area contributed by atoms with E-state index < -0.39 is 28.5 Å². The first kappa shape index (κ1) is 24.4. The summed E-state index contributed by atoms with van der Waals surface area (Å²) in [4.78, 5) is 28.5. The molecule has 3 rings (SSSR count). The number of benzene rings is 1. The van der Waals surface area contributed by atoms with Crippen molar-refractivity contribution in [1.82, 2.24) is 19.1 Å². The fourth-order valence-electron chi connectivity index (χ4n) is 2.88. The smallest absolute Gasteiger partial charge is 0.340 e. The maximum absolute atomic E-state index is 12.3. The van der Waals surface area contributed by atoms with Crippen molar-refractivity contribution in [2.45, 2.75) is 18.7 Å². The molecular weight excluding hydrogens is 470 g/mol. The number of pyridine rings is 1. The van der Waals surface area contributed by atoms with Crippen LogP contribution in [0.5, 0.6) is 0 Å². The molecule has 0 aliphatic heterocycles. The summed E-state index contributed by atoms with van der Waals surface area (Å²) in [5, 5.41) is 6.83. The molecule has 1 amide bonds.